The van der Waals surface area contributed by atoms with Crippen molar-refractivity contribution < 1.29 is 4.74 Å². The van der Waals surface area contributed by atoms with Gasteiger partial charge in [-0.3, -0.25) is 4.99 Å². The van der Waals surface area contributed by atoms with E-state index in [2.05, 4.69) is 43.3 Å². The molecule has 2 fully saturated rings. The van der Waals surface area contributed by atoms with Gasteiger partial charge < -0.3 is 15.4 Å². The fourth-order valence-electron chi connectivity index (χ4n) is 2.74. The highest BCUT2D eigenvalue weighted by Crippen LogP contribution is 2.45. The SMILES string of the molecule is CN=C(NC1CC1(C)C)NC1CC(OC)C1(C)C. The van der Waals surface area contributed by atoms with Crippen molar-refractivity contribution in [3.8, 4) is 0 Å². The van der Waals surface area contributed by atoms with E-state index in [1.807, 2.05) is 7.05 Å². The second kappa shape index (κ2) is 4.41. The maximum atomic E-state index is 5.47. The summed E-state index contributed by atoms with van der Waals surface area (Å²) in [5.41, 5.74) is 0.591. The number of methoxy groups -OCH3 is 1. The minimum Gasteiger partial charge on any atom is -0.381 e. The number of guanidine groups is 1. The van der Waals surface area contributed by atoms with Crippen LogP contribution in [0.4, 0.5) is 0 Å². The average Bonchev–Trinajstić information content (AvgIpc) is 2.89. The predicted molar refractivity (Wildman–Crippen MR) is 74.8 cm³/mol. The molecule has 2 aliphatic rings. The van der Waals surface area contributed by atoms with E-state index in [-0.39, 0.29) is 5.41 Å². The fraction of sp³-hybridized carbons (Fsp3) is 0.929. The number of aliphatic imine (C=N–C) groups is 1. The van der Waals surface area contributed by atoms with Crippen molar-refractivity contribution >= 4 is 5.96 Å². The average molecular weight is 253 g/mol. The van der Waals surface area contributed by atoms with Gasteiger partial charge >= 0.3 is 0 Å². The minimum absolute atomic E-state index is 0.172. The molecular weight excluding hydrogens is 226 g/mol. The highest BCUT2D eigenvalue weighted by atomic mass is 16.5. The Hall–Kier alpha value is -0.770. The van der Waals surface area contributed by atoms with Crippen LogP contribution in [0.25, 0.3) is 0 Å². The molecule has 2 rings (SSSR count). The first-order chi connectivity index (χ1) is 8.31. The zero-order valence-electron chi connectivity index (χ0n) is 12.5. The first-order valence-electron chi connectivity index (χ1n) is 6.84. The van der Waals surface area contributed by atoms with E-state index in [0.717, 1.165) is 12.4 Å². The van der Waals surface area contributed by atoms with E-state index in [0.29, 0.717) is 23.6 Å². The van der Waals surface area contributed by atoms with Gasteiger partial charge in [0.1, 0.15) is 0 Å². The summed E-state index contributed by atoms with van der Waals surface area (Å²) in [5.74, 6) is 0.929. The number of ether oxygens (including phenoxy) is 1. The second-order valence-electron chi connectivity index (χ2n) is 6.94. The molecule has 0 amide bonds. The quantitative estimate of drug-likeness (QED) is 0.595. The third-order valence-electron chi connectivity index (χ3n) is 4.82. The van der Waals surface area contributed by atoms with E-state index >= 15 is 0 Å². The maximum absolute atomic E-state index is 5.47. The Morgan fingerprint density at radius 1 is 1.17 bits per heavy atom. The van der Waals surface area contributed by atoms with Gasteiger partial charge in [-0.25, -0.2) is 0 Å². The Morgan fingerprint density at radius 2 is 1.72 bits per heavy atom. The van der Waals surface area contributed by atoms with Gasteiger partial charge in [0.2, 0.25) is 0 Å². The van der Waals surface area contributed by atoms with E-state index in [9.17, 15) is 0 Å². The van der Waals surface area contributed by atoms with Crippen molar-refractivity contribution in [2.45, 2.75) is 58.7 Å². The molecule has 2 N–H and O–H groups in total. The van der Waals surface area contributed by atoms with Crippen LogP contribution in [0.1, 0.15) is 40.5 Å². The molecule has 2 aliphatic carbocycles. The molecule has 0 spiro atoms. The number of nitrogens with one attached hydrogen (secondary N) is 2. The van der Waals surface area contributed by atoms with Crippen molar-refractivity contribution in [1.82, 2.24) is 10.6 Å². The van der Waals surface area contributed by atoms with Crippen LogP contribution >= 0.6 is 0 Å². The van der Waals surface area contributed by atoms with Gasteiger partial charge in [0.05, 0.1) is 6.10 Å². The standard InChI is InChI=1S/C14H27N3O/c1-13(2)8-10(13)17-12(15-5)16-9-7-11(18-6)14(9,3)4/h9-11H,7-8H2,1-6H3,(H2,15,16,17). The predicted octanol–water partition coefficient (Wildman–Crippen LogP) is 1.76. The molecule has 2 saturated carbocycles. The Balaban J connectivity index is 1.86. The van der Waals surface area contributed by atoms with Gasteiger partial charge in [-0.2, -0.15) is 0 Å². The van der Waals surface area contributed by atoms with Gasteiger partial charge in [0, 0.05) is 31.7 Å². The van der Waals surface area contributed by atoms with E-state index < -0.39 is 0 Å². The summed E-state index contributed by atoms with van der Waals surface area (Å²) in [6, 6.07) is 1.00. The molecule has 0 radical (unpaired) electrons. The van der Waals surface area contributed by atoms with Crippen LogP contribution in [0, 0.1) is 10.8 Å². The molecular formula is C14H27N3O. The Morgan fingerprint density at radius 3 is 2.11 bits per heavy atom. The molecule has 104 valence electrons. The molecule has 0 aliphatic heterocycles. The summed E-state index contributed by atoms with van der Waals surface area (Å²) >= 11 is 0. The summed E-state index contributed by atoms with van der Waals surface area (Å²) in [6.07, 6.45) is 2.63. The molecule has 0 aromatic rings. The summed E-state index contributed by atoms with van der Waals surface area (Å²) in [4.78, 5) is 4.33. The summed E-state index contributed by atoms with van der Waals surface area (Å²) < 4.78 is 5.47. The minimum atomic E-state index is 0.172. The largest absolute Gasteiger partial charge is 0.381 e. The van der Waals surface area contributed by atoms with Gasteiger partial charge in [-0.1, -0.05) is 27.7 Å². The number of hydrogen-bond donors (Lipinski definition) is 2. The van der Waals surface area contributed by atoms with Gasteiger partial charge in [-0.15, -0.1) is 0 Å². The van der Waals surface area contributed by atoms with Gasteiger partial charge in [0.25, 0.3) is 0 Å². The molecule has 0 aromatic carbocycles. The Bertz CT molecular complexity index is 349. The first-order valence-corrected chi connectivity index (χ1v) is 6.84. The van der Waals surface area contributed by atoms with Crippen molar-refractivity contribution in [3.63, 3.8) is 0 Å². The van der Waals surface area contributed by atoms with Crippen molar-refractivity contribution in [2.24, 2.45) is 15.8 Å². The topological polar surface area (TPSA) is 45.7 Å². The molecule has 0 bridgehead atoms. The van der Waals surface area contributed by atoms with Crippen molar-refractivity contribution in [2.75, 3.05) is 14.2 Å². The molecule has 4 nitrogen and oxygen atoms in total. The third kappa shape index (κ3) is 2.35. The van der Waals surface area contributed by atoms with E-state index in [1.165, 1.54) is 6.42 Å². The highest BCUT2D eigenvalue weighted by Gasteiger charge is 2.50. The summed E-state index contributed by atoms with van der Waals surface area (Å²) in [5, 5.41) is 7.02. The summed E-state index contributed by atoms with van der Waals surface area (Å²) in [6.45, 7) is 9.06. The molecule has 18 heavy (non-hydrogen) atoms. The molecule has 0 saturated heterocycles. The Kier molecular flexibility index (Phi) is 3.34. The normalized spacial score (nSPS) is 36.8. The van der Waals surface area contributed by atoms with Crippen LogP contribution < -0.4 is 10.6 Å². The maximum Gasteiger partial charge on any atom is 0.191 e. The molecule has 0 aromatic heterocycles. The molecule has 3 atom stereocenters. The molecule has 4 heteroatoms. The Labute approximate surface area is 111 Å². The third-order valence-corrected chi connectivity index (χ3v) is 4.82. The van der Waals surface area contributed by atoms with E-state index in [4.69, 9.17) is 4.74 Å². The van der Waals surface area contributed by atoms with Crippen LogP contribution in [-0.2, 0) is 4.74 Å². The monoisotopic (exact) mass is 253 g/mol. The highest BCUT2D eigenvalue weighted by molar-refractivity contribution is 5.81. The van der Waals surface area contributed by atoms with Crippen LogP contribution in [0.15, 0.2) is 4.99 Å². The summed E-state index contributed by atoms with van der Waals surface area (Å²) in [7, 11) is 3.63. The fourth-order valence-corrected chi connectivity index (χ4v) is 2.74. The number of hydrogen-bond acceptors (Lipinski definition) is 2. The van der Waals surface area contributed by atoms with E-state index in [1.54, 1.807) is 7.11 Å². The lowest BCUT2D eigenvalue weighted by Gasteiger charge is -2.51. The van der Waals surface area contributed by atoms with Crippen LogP contribution in [0.5, 0.6) is 0 Å². The smallest absolute Gasteiger partial charge is 0.191 e. The first kappa shape index (κ1) is 13.7. The van der Waals surface area contributed by atoms with Gasteiger partial charge in [0.15, 0.2) is 5.96 Å². The molecule has 0 heterocycles. The number of nitrogens with zero attached hydrogens (tertiary/aromatic N) is 1. The van der Waals surface area contributed by atoms with Gasteiger partial charge in [-0.05, 0) is 18.3 Å². The van der Waals surface area contributed by atoms with Crippen LogP contribution in [0.2, 0.25) is 0 Å². The lowest BCUT2D eigenvalue weighted by molar-refractivity contribution is -0.0922. The lowest BCUT2D eigenvalue weighted by Crippen LogP contribution is -2.63. The lowest BCUT2D eigenvalue weighted by atomic mass is 9.64. The zero-order chi connectivity index (χ0) is 13.6. The van der Waals surface area contributed by atoms with Crippen LogP contribution in [-0.4, -0.2) is 38.3 Å². The van der Waals surface area contributed by atoms with Crippen molar-refractivity contribution in [3.05, 3.63) is 0 Å². The molecule has 3 unspecified atom stereocenters. The van der Waals surface area contributed by atoms with Crippen molar-refractivity contribution in [1.29, 1.82) is 0 Å². The second-order valence-corrected chi connectivity index (χ2v) is 6.94. The van der Waals surface area contributed by atoms with Crippen LogP contribution in [0.3, 0.4) is 0 Å². The zero-order valence-corrected chi connectivity index (χ0v) is 12.5. The number of rotatable bonds is 3.